The molecule has 0 saturated heterocycles. The standard InChI is InChI=1S/C23H15Cl4NS/c1-13-14(2)29-12-28(13)23-21(15-6-17(24)10-18(25)7-15)4-3-5-22(23)16-8-19(26)11-20(27)9-16/h3-11H,1-2H3. The van der Waals surface area contributed by atoms with Gasteiger partial charge in [-0.2, -0.15) is 0 Å². The summed E-state index contributed by atoms with van der Waals surface area (Å²) in [5.74, 6) is 3.40. The summed E-state index contributed by atoms with van der Waals surface area (Å²) in [6.45, 7) is 4.17. The van der Waals surface area contributed by atoms with Crippen molar-refractivity contribution in [1.82, 2.24) is 0 Å². The molecular formula is C23H15Cl4NS. The first-order chi connectivity index (χ1) is 13.8. The highest BCUT2D eigenvalue weighted by Gasteiger charge is 2.26. The van der Waals surface area contributed by atoms with Gasteiger partial charge in [-0.15, -0.1) is 0 Å². The second-order valence-electron chi connectivity index (χ2n) is 6.69. The Morgan fingerprint density at radius 3 is 1.55 bits per heavy atom. The monoisotopic (exact) mass is 477 g/mol. The molecule has 0 atom stereocenters. The Morgan fingerprint density at radius 2 is 1.17 bits per heavy atom. The smallest absolute Gasteiger partial charge is 0.169 e. The number of thioether (sulfide) groups is 1. The van der Waals surface area contributed by atoms with Crippen LogP contribution in [0.3, 0.4) is 0 Å². The normalized spacial score (nSPS) is 14.1. The molecule has 3 aromatic rings. The van der Waals surface area contributed by atoms with Crippen molar-refractivity contribution >= 4 is 63.9 Å². The lowest BCUT2D eigenvalue weighted by Crippen LogP contribution is -2.14. The van der Waals surface area contributed by atoms with Gasteiger partial charge in [-0.1, -0.05) is 76.4 Å². The molecule has 146 valence electrons. The summed E-state index contributed by atoms with van der Waals surface area (Å²) < 4.78 is 0. The van der Waals surface area contributed by atoms with Crippen molar-refractivity contribution in [3.8, 4) is 22.3 Å². The molecule has 1 aliphatic rings. The maximum atomic E-state index is 6.30. The van der Waals surface area contributed by atoms with Gasteiger partial charge in [0, 0.05) is 41.8 Å². The van der Waals surface area contributed by atoms with Crippen LogP contribution >= 0.6 is 58.2 Å². The zero-order valence-corrected chi connectivity index (χ0v) is 19.4. The molecular weight excluding hydrogens is 464 g/mol. The third-order valence-corrected chi connectivity index (χ3v) is 6.49. The van der Waals surface area contributed by atoms with Crippen molar-refractivity contribution < 1.29 is 0 Å². The fourth-order valence-corrected chi connectivity index (χ4v) is 5.04. The van der Waals surface area contributed by atoms with Crippen LogP contribution < -0.4 is 4.90 Å². The maximum Gasteiger partial charge on any atom is 0.169 e. The van der Waals surface area contributed by atoms with Gasteiger partial charge in [-0.25, -0.2) is 0 Å². The third kappa shape index (κ3) is 4.28. The lowest BCUT2D eigenvalue weighted by atomic mass is 9.95. The number of hydrogen-bond donors (Lipinski definition) is 0. The van der Waals surface area contributed by atoms with E-state index in [1.165, 1.54) is 4.91 Å². The molecule has 6 heteroatoms. The molecule has 3 aromatic carbocycles. The average molecular weight is 479 g/mol. The molecule has 0 aromatic heterocycles. The molecule has 4 rings (SSSR count). The molecule has 0 amide bonds. The lowest BCUT2D eigenvalue weighted by Gasteiger charge is -2.26. The number of hydrogen-bond acceptors (Lipinski definition) is 2. The van der Waals surface area contributed by atoms with E-state index in [-0.39, 0.29) is 0 Å². The zero-order valence-electron chi connectivity index (χ0n) is 15.6. The molecule has 29 heavy (non-hydrogen) atoms. The minimum Gasteiger partial charge on any atom is -0.322 e. The highest BCUT2D eigenvalue weighted by atomic mass is 35.5. The van der Waals surface area contributed by atoms with E-state index in [1.807, 2.05) is 30.3 Å². The first kappa shape index (κ1) is 21.0. The highest BCUT2D eigenvalue weighted by molar-refractivity contribution is 8.05. The minimum absolute atomic E-state index is 0.585. The van der Waals surface area contributed by atoms with E-state index in [0.29, 0.717) is 20.1 Å². The first-order valence-corrected chi connectivity index (χ1v) is 11.1. The molecule has 0 N–H and O–H groups in total. The van der Waals surface area contributed by atoms with Crippen LogP contribution in [-0.2, 0) is 0 Å². The summed E-state index contributed by atoms with van der Waals surface area (Å²) in [6, 6.07) is 17.2. The van der Waals surface area contributed by atoms with E-state index in [2.05, 4.69) is 36.8 Å². The number of allylic oxidation sites excluding steroid dienone is 2. The second-order valence-corrected chi connectivity index (χ2v) is 9.43. The van der Waals surface area contributed by atoms with Crippen LogP contribution in [0.4, 0.5) is 5.69 Å². The zero-order chi connectivity index (χ0) is 20.7. The largest absolute Gasteiger partial charge is 0.322 e. The lowest BCUT2D eigenvalue weighted by molar-refractivity contribution is 1.14. The fraction of sp³-hybridized carbons (Fsp3) is 0.0870. The van der Waals surface area contributed by atoms with Crippen LogP contribution in [0, 0.1) is 5.88 Å². The van der Waals surface area contributed by atoms with Crippen LogP contribution in [-0.4, -0.2) is 0 Å². The van der Waals surface area contributed by atoms with Crippen molar-refractivity contribution in [2.45, 2.75) is 13.8 Å². The third-order valence-electron chi connectivity index (χ3n) is 4.74. The molecule has 0 aliphatic carbocycles. The van der Waals surface area contributed by atoms with Crippen LogP contribution in [0.1, 0.15) is 13.8 Å². The molecule has 1 heterocycles. The SMILES string of the molecule is CC1=C(C)N(c2c(-c3cc(Cl)cc(Cl)c3)cccc2-c2cc(Cl)cc(Cl)c2)[C]S1. The Bertz CT molecular complexity index is 1030. The van der Waals surface area contributed by atoms with Gasteiger partial charge in [0.05, 0.1) is 5.69 Å². The number of benzene rings is 3. The number of rotatable bonds is 3. The van der Waals surface area contributed by atoms with Gasteiger partial charge in [-0.3, -0.25) is 0 Å². The first-order valence-electron chi connectivity index (χ1n) is 8.79. The summed E-state index contributed by atoms with van der Waals surface area (Å²) in [7, 11) is 0. The van der Waals surface area contributed by atoms with E-state index >= 15 is 0 Å². The van der Waals surface area contributed by atoms with E-state index in [4.69, 9.17) is 46.4 Å². The molecule has 0 unspecified atom stereocenters. The molecule has 2 radical (unpaired) electrons. The summed E-state index contributed by atoms with van der Waals surface area (Å²) in [5, 5.41) is 2.34. The van der Waals surface area contributed by atoms with E-state index in [0.717, 1.165) is 33.6 Å². The summed E-state index contributed by atoms with van der Waals surface area (Å²) in [4.78, 5) is 3.27. The Balaban J connectivity index is 2.02. The van der Waals surface area contributed by atoms with Gasteiger partial charge in [0.2, 0.25) is 0 Å². The van der Waals surface area contributed by atoms with Gasteiger partial charge in [-0.05, 0) is 61.4 Å². The number of anilines is 1. The predicted molar refractivity (Wildman–Crippen MR) is 129 cm³/mol. The van der Waals surface area contributed by atoms with Crippen molar-refractivity contribution in [2.75, 3.05) is 4.90 Å². The summed E-state index contributed by atoms with van der Waals surface area (Å²) in [5.41, 5.74) is 5.93. The molecule has 0 bridgehead atoms. The van der Waals surface area contributed by atoms with E-state index in [1.54, 1.807) is 23.9 Å². The van der Waals surface area contributed by atoms with Crippen LogP contribution in [0.5, 0.6) is 0 Å². The van der Waals surface area contributed by atoms with Gasteiger partial charge < -0.3 is 4.90 Å². The van der Waals surface area contributed by atoms with Gasteiger partial charge >= 0.3 is 0 Å². The Hall–Kier alpha value is -1.29. The van der Waals surface area contributed by atoms with Crippen molar-refractivity contribution in [3.05, 3.63) is 91.2 Å². The topological polar surface area (TPSA) is 3.24 Å². The quantitative estimate of drug-likeness (QED) is 0.368. The maximum absolute atomic E-state index is 6.30. The summed E-state index contributed by atoms with van der Waals surface area (Å²) in [6.07, 6.45) is 0. The molecule has 1 aliphatic heterocycles. The van der Waals surface area contributed by atoms with Gasteiger partial charge in [0.25, 0.3) is 0 Å². The molecule has 0 spiro atoms. The molecule has 0 fully saturated rings. The Morgan fingerprint density at radius 1 is 0.724 bits per heavy atom. The van der Waals surface area contributed by atoms with Gasteiger partial charge in [0.1, 0.15) is 0 Å². The fourth-order valence-electron chi connectivity index (χ4n) is 3.30. The van der Waals surface area contributed by atoms with Crippen molar-refractivity contribution in [3.63, 3.8) is 0 Å². The van der Waals surface area contributed by atoms with Crippen LogP contribution in [0.25, 0.3) is 22.3 Å². The Labute approximate surface area is 195 Å². The summed E-state index contributed by atoms with van der Waals surface area (Å²) >= 11 is 26.8. The van der Waals surface area contributed by atoms with Crippen LogP contribution in [0.15, 0.2) is 65.2 Å². The van der Waals surface area contributed by atoms with Crippen molar-refractivity contribution in [2.24, 2.45) is 0 Å². The number of nitrogens with zero attached hydrogens (tertiary/aromatic N) is 1. The highest BCUT2D eigenvalue weighted by Crippen LogP contribution is 2.48. The van der Waals surface area contributed by atoms with E-state index in [9.17, 15) is 0 Å². The second kappa shape index (κ2) is 8.45. The Kier molecular flexibility index (Phi) is 6.11. The number of halogens is 4. The minimum atomic E-state index is 0.585. The van der Waals surface area contributed by atoms with Crippen molar-refractivity contribution in [1.29, 1.82) is 0 Å². The predicted octanol–water partition coefficient (Wildman–Crippen LogP) is 9.44. The van der Waals surface area contributed by atoms with Crippen LogP contribution in [0.2, 0.25) is 20.1 Å². The van der Waals surface area contributed by atoms with Gasteiger partial charge in [0.15, 0.2) is 5.88 Å². The van der Waals surface area contributed by atoms with E-state index < -0.39 is 0 Å². The number of para-hydroxylation sites is 1. The average Bonchev–Trinajstić information content (AvgIpc) is 2.98. The molecule has 0 saturated carbocycles. The molecule has 1 nitrogen and oxygen atoms in total.